The summed E-state index contributed by atoms with van der Waals surface area (Å²) in [5.41, 5.74) is 2.21. The van der Waals surface area contributed by atoms with Crippen LogP contribution >= 0.6 is 0 Å². The summed E-state index contributed by atoms with van der Waals surface area (Å²) in [6.07, 6.45) is -0.503. The Balaban J connectivity index is 2.23. The maximum Gasteiger partial charge on any atom is 0.232 e. The van der Waals surface area contributed by atoms with Gasteiger partial charge < -0.3 is 9.63 Å². The first kappa shape index (κ1) is 13.7. The van der Waals surface area contributed by atoms with E-state index in [-0.39, 0.29) is 5.92 Å². The maximum atomic E-state index is 9.52. The van der Waals surface area contributed by atoms with Gasteiger partial charge in [-0.1, -0.05) is 50.2 Å². The molecule has 0 fully saturated rings. The van der Waals surface area contributed by atoms with Crippen LogP contribution in [0.5, 0.6) is 0 Å². The third kappa shape index (κ3) is 3.01. The Bertz CT molecular complexity index is 529. The SMILES string of the molecule is CC(C)c1ccc(-c2noc(C(C)C(C)O)n2)cc1. The number of aliphatic hydroxyl groups is 1. The Kier molecular flexibility index (Phi) is 4.00. The zero-order chi connectivity index (χ0) is 14.0. The smallest absolute Gasteiger partial charge is 0.232 e. The van der Waals surface area contributed by atoms with Crippen molar-refractivity contribution >= 4 is 0 Å². The van der Waals surface area contributed by atoms with Gasteiger partial charge in [-0.3, -0.25) is 0 Å². The molecule has 2 atom stereocenters. The lowest BCUT2D eigenvalue weighted by atomic mass is 10.0. The molecule has 2 unspecified atom stereocenters. The first-order valence-corrected chi connectivity index (χ1v) is 6.61. The van der Waals surface area contributed by atoms with Gasteiger partial charge in [0.1, 0.15) is 0 Å². The maximum absolute atomic E-state index is 9.52. The van der Waals surface area contributed by atoms with Gasteiger partial charge in [0, 0.05) is 5.56 Å². The minimum Gasteiger partial charge on any atom is -0.393 e. The van der Waals surface area contributed by atoms with Gasteiger partial charge in [-0.25, -0.2) is 0 Å². The predicted octanol–water partition coefficient (Wildman–Crippen LogP) is 3.34. The van der Waals surface area contributed by atoms with Crippen molar-refractivity contribution in [1.29, 1.82) is 0 Å². The molecule has 2 aromatic rings. The van der Waals surface area contributed by atoms with E-state index in [2.05, 4.69) is 36.1 Å². The largest absolute Gasteiger partial charge is 0.393 e. The number of rotatable bonds is 4. The minimum atomic E-state index is -0.503. The Morgan fingerprint density at radius 2 is 1.68 bits per heavy atom. The van der Waals surface area contributed by atoms with E-state index in [0.29, 0.717) is 17.6 Å². The van der Waals surface area contributed by atoms with E-state index < -0.39 is 6.10 Å². The number of nitrogens with zero attached hydrogens (tertiary/aromatic N) is 2. The third-order valence-electron chi connectivity index (χ3n) is 3.39. The molecule has 0 aliphatic heterocycles. The normalized spacial score (nSPS) is 14.6. The zero-order valence-corrected chi connectivity index (χ0v) is 11.8. The zero-order valence-electron chi connectivity index (χ0n) is 11.8. The Labute approximate surface area is 113 Å². The van der Waals surface area contributed by atoms with Crippen LogP contribution in [0.4, 0.5) is 0 Å². The molecule has 0 radical (unpaired) electrons. The molecule has 4 nitrogen and oxygen atoms in total. The van der Waals surface area contributed by atoms with Crippen LogP contribution in [-0.4, -0.2) is 21.4 Å². The molecule has 0 aliphatic carbocycles. The second-order valence-corrected chi connectivity index (χ2v) is 5.26. The van der Waals surface area contributed by atoms with E-state index in [4.69, 9.17) is 4.52 Å². The van der Waals surface area contributed by atoms with E-state index in [0.717, 1.165) is 5.56 Å². The van der Waals surface area contributed by atoms with Crippen LogP contribution in [-0.2, 0) is 0 Å². The van der Waals surface area contributed by atoms with E-state index in [9.17, 15) is 5.11 Å². The van der Waals surface area contributed by atoms with E-state index >= 15 is 0 Å². The molecule has 0 bridgehead atoms. The average molecular weight is 260 g/mol. The molecule has 0 spiro atoms. The van der Waals surface area contributed by atoms with Crippen LogP contribution in [0.3, 0.4) is 0 Å². The summed E-state index contributed by atoms with van der Waals surface area (Å²) in [5.74, 6) is 1.39. The molecule has 4 heteroatoms. The number of hydrogen-bond acceptors (Lipinski definition) is 4. The minimum absolute atomic E-state index is 0.156. The van der Waals surface area contributed by atoms with Crippen LogP contribution in [0.25, 0.3) is 11.4 Å². The lowest BCUT2D eigenvalue weighted by Gasteiger charge is -2.08. The lowest BCUT2D eigenvalue weighted by molar-refractivity contribution is 0.151. The molecule has 0 amide bonds. The van der Waals surface area contributed by atoms with Gasteiger partial charge in [-0.2, -0.15) is 4.98 Å². The quantitative estimate of drug-likeness (QED) is 0.915. The summed E-state index contributed by atoms with van der Waals surface area (Å²) >= 11 is 0. The molecule has 1 heterocycles. The number of aromatic nitrogens is 2. The van der Waals surface area contributed by atoms with Gasteiger partial charge in [0.05, 0.1) is 12.0 Å². The molecule has 19 heavy (non-hydrogen) atoms. The van der Waals surface area contributed by atoms with Crippen molar-refractivity contribution < 1.29 is 9.63 Å². The summed E-state index contributed by atoms with van der Waals surface area (Å²) in [6.45, 7) is 7.90. The summed E-state index contributed by atoms with van der Waals surface area (Å²) in [7, 11) is 0. The standard InChI is InChI=1S/C15H20N2O2/c1-9(2)12-5-7-13(8-6-12)14-16-15(19-17-14)10(3)11(4)18/h5-11,18H,1-4H3. The van der Waals surface area contributed by atoms with Gasteiger partial charge in [-0.15, -0.1) is 0 Å². The molecule has 1 aromatic heterocycles. The first-order chi connectivity index (χ1) is 8.99. The van der Waals surface area contributed by atoms with Crippen molar-refractivity contribution in [3.05, 3.63) is 35.7 Å². The van der Waals surface area contributed by atoms with Gasteiger partial charge >= 0.3 is 0 Å². The van der Waals surface area contributed by atoms with Crippen molar-refractivity contribution in [3.8, 4) is 11.4 Å². The number of hydrogen-bond donors (Lipinski definition) is 1. The third-order valence-corrected chi connectivity index (χ3v) is 3.39. The van der Waals surface area contributed by atoms with E-state index in [1.807, 2.05) is 19.1 Å². The molecular formula is C15H20N2O2. The fourth-order valence-electron chi connectivity index (χ4n) is 1.76. The molecule has 0 saturated heterocycles. The van der Waals surface area contributed by atoms with Crippen molar-refractivity contribution in [2.75, 3.05) is 0 Å². The first-order valence-electron chi connectivity index (χ1n) is 6.61. The van der Waals surface area contributed by atoms with Gasteiger partial charge in [-0.05, 0) is 18.4 Å². The fourth-order valence-corrected chi connectivity index (χ4v) is 1.76. The van der Waals surface area contributed by atoms with Gasteiger partial charge in [0.15, 0.2) is 0 Å². The van der Waals surface area contributed by atoms with Crippen molar-refractivity contribution in [1.82, 2.24) is 10.1 Å². The summed E-state index contributed by atoms with van der Waals surface area (Å²) < 4.78 is 5.20. The summed E-state index contributed by atoms with van der Waals surface area (Å²) in [5, 5.41) is 13.5. The van der Waals surface area contributed by atoms with Crippen molar-refractivity contribution in [3.63, 3.8) is 0 Å². The highest BCUT2D eigenvalue weighted by Gasteiger charge is 2.19. The predicted molar refractivity (Wildman–Crippen MR) is 73.9 cm³/mol. The van der Waals surface area contributed by atoms with Crippen LogP contribution in [0, 0.1) is 0 Å². The van der Waals surface area contributed by atoms with Crippen molar-refractivity contribution in [2.45, 2.75) is 45.6 Å². The molecule has 1 N–H and O–H groups in total. The second kappa shape index (κ2) is 5.53. The molecule has 102 valence electrons. The summed E-state index contributed by atoms with van der Waals surface area (Å²) in [6, 6.07) is 8.15. The number of benzene rings is 1. The highest BCUT2D eigenvalue weighted by molar-refractivity contribution is 5.54. The Morgan fingerprint density at radius 1 is 1.05 bits per heavy atom. The molecular weight excluding hydrogens is 240 g/mol. The second-order valence-electron chi connectivity index (χ2n) is 5.26. The van der Waals surface area contributed by atoms with Crippen LogP contribution in [0.15, 0.2) is 28.8 Å². The Hall–Kier alpha value is -1.68. The highest BCUT2D eigenvalue weighted by Crippen LogP contribution is 2.23. The van der Waals surface area contributed by atoms with E-state index in [1.165, 1.54) is 5.56 Å². The molecule has 0 saturated carbocycles. The summed E-state index contributed by atoms with van der Waals surface area (Å²) in [4.78, 5) is 4.34. The molecule has 1 aromatic carbocycles. The fraction of sp³-hybridized carbons (Fsp3) is 0.467. The monoisotopic (exact) mass is 260 g/mol. The van der Waals surface area contributed by atoms with Crippen LogP contribution < -0.4 is 0 Å². The van der Waals surface area contributed by atoms with Crippen LogP contribution in [0.1, 0.15) is 51.0 Å². The molecule has 0 aliphatic rings. The lowest BCUT2D eigenvalue weighted by Crippen LogP contribution is -2.11. The van der Waals surface area contributed by atoms with Crippen molar-refractivity contribution in [2.24, 2.45) is 0 Å². The number of aliphatic hydroxyl groups excluding tert-OH is 1. The van der Waals surface area contributed by atoms with E-state index in [1.54, 1.807) is 6.92 Å². The van der Waals surface area contributed by atoms with Gasteiger partial charge in [0.25, 0.3) is 0 Å². The Morgan fingerprint density at radius 3 is 2.21 bits per heavy atom. The van der Waals surface area contributed by atoms with Gasteiger partial charge in [0.2, 0.25) is 11.7 Å². The highest BCUT2D eigenvalue weighted by atomic mass is 16.5. The average Bonchev–Trinajstić information content (AvgIpc) is 2.87. The molecule has 2 rings (SSSR count). The topological polar surface area (TPSA) is 59.2 Å². The van der Waals surface area contributed by atoms with Crippen LogP contribution in [0.2, 0.25) is 0 Å².